The van der Waals surface area contributed by atoms with Crippen LogP contribution in [0.2, 0.25) is 0 Å². The zero-order valence-corrected chi connectivity index (χ0v) is 10.3. The van der Waals surface area contributed by atoms with Gasteiger partial charge in [-0.1, -0.05) is 0 Å². The minimum atomic E-state index is -0.211. The van der Waals surface area contributed by atoms with E-state index in [9.17, 15) is 9.90 Å². The molecule has 2 aliphatic carbocycles. The van der Waals surface area contributed by atoms with Crippen molar-refractivity contribution in [2.45, 2.75) is 56.6 Å². The van der Waals surface area contributed by atoms with Crippen molar-refractivity contribution in [1.82, 2.24) is 4.90 Å². The van der Waals surface area contributed by atoms with Crippen molar-refractivity contribution in [3.05, 3.63) is 0 Å². The number of aliphatic hydroxyl groups is 1. The standard InChI is InChI=1S/C13H22N2O2/c14-13-5-3-12(9-13,4-6-13)11(17)15-7-1-10(16)2-8-15/h10,16H,1-9,14H2. The SMILES string of the molecule is NC12CCC(C(=O)N3CCC(O)CC3)(CC1)C2. The molecule has 3 N–H and O–H groups in total. The first-order chi connectivity index (χ1) is 8.03. The van der Waals surface area contributed by atoms with Crippen LogP contribution >= 0.6 is 0 Å². The Kier molecular flexibility index (Phi) is 2.49. The summed E-state index contributed by atoms with van der Waals surface area (Å²) < 4.78 is 0. The molecule has 1 saturated heterocycles. The van der Waals surface area contributed by atoms with Gasteiger partial charge in [-0.15, -0.1) is 0 Å². The maximum atomic E-state index is 12.6. The Labute approximate surface area is 102 Å². The van der Waals surface area contributed by atoms with Crippen LogP contribution in [0.3, 0.4) is 0 Å². The van der Waals surface area contributed by atoms with Crippen molar-refractivity contribution < 1.29 is 9.90 Å². The first kappa shape index (κ1) is 11.5. The monoisotopic (exact) mass is 238 g/mol. The molecule has 1 heterocycles. The molecule has 0 aromatic heterocycles. The second kappa shape index (κ2) is 3.69. The number of carbonyl (C=O) groups is 1. The van der Waals surface area contributed by atoms with Gasteiger partial charge in [0.15, 0.2) is 0 Å². The Morgan fingerprint density at radius 1 is 1.18 bits per heavy atom. The van der Waals surface area contributed by atoms with E-state index in [1.807, 2.05) is 4.90 Å². The van der Waals surface area contributed by atoms with E-state index >= 15 is 0 Å². The van der Waals surface area contributed by atoms with Gasteiger partial charge in [0.2, 0.25) is 5.91 Å². The van der Waals surface area contributed by atoms with Crippen LogP contribution in [0.25, 0.3) is 0 Å². The predicted octanol–water partition coefficient (Wildman–Crippen LogP) is 0.631. The number of rotatable bonds is 1. The number of amides is 1. The predicted molar refractivity (Wildman–Crippen MR) is 64.3 cm³/mol. The summed E-state index contributed by atoms with van der Waals surface area (Å²) in [5.74, 6) is 0.314. The topological polar surface area (TPSA) is 66.6 Å². The number of piperidine rings is 1. The minimum Gasteiger partial charge on any atom is -0.393 e. The molecule has 0 unspecified atom stereocenters. The summed E-state index contributed by atoms with van der Waals surface area (Å²) in [7, 11) is 0. The molecule has 2 bridgehead atoms. The Hall–Kier alpha value is -0.610. The van der Waals surface area contributed by atoms with E-state index in [1.54, 1.807) is 0 Å². The molecule has 17 heavy (non-hydrogen) atoms. The van der Waals surface area contributed by atoms with Gasteiger partial charge in [-0.25, -0.2) is 0 Å². The number of fused-ring (bicyclic) bond motifs is 2. The average Bonchev–Trinajstić information content (AvgIpc) is 2.84. The van der Waals surface area contributed by atoms with Crippen molar-refractivity contribution in [3.63, 3.8) is 0 Å². The lowest BCUT2D eigenvalue weighted by atomic mass is 9.82. The van der Waals surface area contributed by atoms with Gasteiger partial charge >= 0.3 is 0 Å². The molecular weight excluding hydrogens is 216 g/mol. The largest absolute Gasteiger partial charge is 0.393 e. The van der Waals surface area contributed by atoms with Crippen molar-refractivity contribution >= 4 is 5.91 Å². The molecule has 0 atom stereocenters. The maximum Gasteiger partial charge on any atom is 0.228 e. The quantitative estimate of drug-likeness (QED) is 0.704. The Morgan fingerprint density at radius 2 is 1.76 bits per heavy atom. The third-order valence-electron chi connectivity index (χ3n) is 5.10. The number of nitrogens with zero attached hydrogens (tertiary/aromatic N) is 1. The lowest BCUT2D eigenvalue weighted by molar-refractivity contribution is -0.143. The van der Waals surface area contributed by atoms with Gasteiger partial charge in [0.1, 0.15) is 0 Å². The molecule has 0 spiro atoms. The fourth-order valence-electron chi connectivity index (χ4n) is 3.95. The second-order valence-electron chi connectivity index (χ2n) is 6.34. The van der Waals surface area contributed by atoms with Gasteiger partial charge < -0.3 is 15.7 Å². The van der Waals surface area contributed by atoms with Gasteiger partial charge in [0.05, 0.1) is 11.5 Å². The Morgan fingerprint density at radius 3 is 2.24 bits per heavy atom. The van der Waals surface area contributed by atoms with Crippen LogP contribution in [-0.2, 0) is 4.79 Å². The van der Waals surface area contributed by atoms with Gasteiger partial charge in [-0.3, -0.25) is 4.79 Å². The van der Waals surface area contributed by atoms with Gasteiger partial charge in [-0.2, -0.15) is 0 Å². The summed E-state index contributed by atoms with van der Waals surface area (Å²) in [6.07, 6.45) is 6.10. The molecule has 1 amide bonds. The van der Waals surface area contributed by atoms with Crippen LogP contribution in [0.15, 0.2) is 0 Å². The highest BCUT2D eigenvalue weighted by atomic mass is 16.3. The highest BCUT2D eigenvalue weighted by molar-refractivity contribution is 5.84. The molecule has 0 aromatic carbocycles. The van der Waals surface area contributed by atoms with E-state index in [-0.39, 0.29) is 17.1 Å². The van der Waals surface area contributed by atoms with Gasteiger partial charge in [-0.05, 0) is 44.9 Å². The zero-order chi connectivity index (χ0) is 12.1. The molecule has 1 aliphatic heterocycles. The third-order valence-corrected chi connectivity index (χ3v) is 5.10. The summed E-state index contributed by atoms with van der Waals surface area (Å²) >= 11 is 0. The molecule has 96 valence electrons. The molecule has 3 rings (SSSR count). The van der Waals surface area contributed by atoms with E-state index in [2.05, 4.69) is 0 Å². The summed E-state index contributed by atoms with van der Waals surface area (Å²) in [6.45, 7) is 1.44. The fraction of sp³-hybridized carbons (Fsp3) is 0.923. The van der Waals surface area contributed by atoms with Crippen LogP contribution in [0.1, 0.15) is 44.9 Å². The molecule has 4 heteroatoms. The molecule has 4 nitrogen and oxygen atoms in total. The normalized spacial score (nSPS) is 42.1. The average molecular weight is 238 g/mol. The van der Waals surface area contributed by atoms with Crippen LogP contribution in [0.5, 0.6) is 0 Å². The van der Waals surface area contributed by atoms with Crippen LogP contribution in [-0.4, -0.2) is 40.6 Å². The number of likely N-dealkylation sites (tertiary alicyclic amines) is 1. The second-order valence-corrected chi connectivity index (χ2v) is 6.34. The van der Waals surface area contributed by atoms with Gasteiger partial charge in [0, 0.05) is 18.6 Å². The first-order valence-corrected chi connectivity index (χ1v) is 6.79. The molecule has 3 fully saturated rings. The lowest BCUT2D eigenvalue weighted by Crippen LogP contribution is -2.46. The molecule has 0 aromatic rings. The summed E-state index contributed by atoms with van der Waals surface area (Å²) in [6, 6.07) is 0. The van der Waals surface area contributed by atoms with Crippen LogP contribution in [0.4, 0.5) is 0 Å². The maximum absolute atomic E-state index is 12.6. The zero-order valence-electron chi connectivity index (χ0n) is 10.3. The number of nitrogens with two attached hydrogens (primary N) is 1. The van der Waals surface area contributed by atoms with E-state index in [0.717, 1.165) is 58.0 Å². The number of hydrogen-bond donors (Lipinski definition) is 2. The summed E-state index contributed by atoms with van der Waals surface area (Å²) in [5.41, 5.74) is 6.07. The van der Waals surface area contributed by atoms with Crippen LogP contribution < -0.4 is 5.73 Å². The van der Waals surface area contributed by atoms with E-state index in [4.69, 9.17) is 5.73 Å². The fourth-order valence-corrected chi connectivity index (χ4v) is 3.95. The summed E-state index contributed by atoms with van der Waals surface area (Å²) in [4.78, 5) is 14.6. The summed E-state index contributed by atoms with van der Waals surface area (Å²) in [5, 5.41) is 9.49. The van der Waals surface area contributed by atoms with E-state index < -0.39 is 0 Å². The molecular formula is C13H22N2O2. The van der Waals surface area contributed by atoms with E-state index in [0.29, 0.717) is 5.91 Å². The Balaban J connectivity index is 1.71. The molecule has 0 radical (unpaired) electrons. The smallest absolute Gasteiger partial charge is 0.228 e. The van der Waals surface area contributed by atoms with Crippen LogP contribution in [0, 0.1) is 5.41 Å². The lowest BCUT2D eigenvalue weighted by Gasteiger charge is -2.36. The number of carbonyl (C=O) groups excluding carboxylic acids is 1. The van der Waals surface area contributed by atoms with E-state index in [1.165, 1.54) is 0 Å². The molecule has 3 aliphatic rings. The molecule has 2 saturated carbocycles. The van der Waals surface area contributed by atoms with Crippen molar-refractivity contribution in [2.24, 2.45) is 11.1 Å². The van der Waals surface area contributed by atoms with Gasteiger partial charge in [0.25, 0.3) is 0 Å². The Bertz CT molecular complexity index is 326. The minimum absolute atomic E-state index is 0.0506. The third kappa shape index (κ3) is 1.78. The van der Waals surface area contributed by atoms with Crippen molar-refractivity contribution in [2.75, 3.05) is 13.1 Å². The first-order valence-electron chi connectivity index (χ1n) is 6.79. The highest BCUT2D eigenvalue weighted by Gasteiger charge is 2.57. The van der Waals surface area contributed by atoms with Crippen molar-refractivity contribution in [1.29, 1.82) is 0 Å². The highest BCUT2D eigenvalue weighted by Crippen LogP contribution is 2.56. The number of hydrogen-bond acceptors (Lipinski definition) is 3. The van der Waals surface area contributed by atoms with Crippen molar-refractivity contribution in [3.8, 4) is 0 Å². The number of aliphatic hydroxyl groups excluding tert-OH is 1.